The Bertz CT molecular complexity index is 1050. The second kappa shape index (κ2) is 8.56. The molecule has 0 aliphatic rings. The van der Waals surface area contributed by atoms with Gasteiger partial charge in [-0.15, -0.1) is 0 Å². The molecule has 0 aliphatic carbocycles. The summed E-state index contributed by atoms with van der Waals surface area (Å²) in [4.78, 5) is 21.3. The Morgan fingerprint density at radius 3 is 2.48 bits per heavy atom. The van der Waals surface area contributed by atoms with Gasteiger partial charge in [0.05, 0.1) is 18.5 Å². The maximum atomic E-state index is 12.8. The van der Waals surface area contributed by atoms with Crippen molar-refractivity contribution in [3.05, 3.63) is 59.0 Å². The minimum absolute atomic E-state index is 0.0540. The summed E-state index contributed by atoms with van der Waals surface area (Å²) in [6.07, 6.45) is -1.09. The highest BCUT2D eigenvalue weighted by Crippen LogP contribution is 2.24. The number of rotatable bonds is 6. The first kappa shape index (κ1) is 20.7. The molecule has 0 fully saturated rings. The fourth-order valence-corrected chi connectivity index (χ4v) is 3.09. The highest BCUT2D eigenvalue weighted by atomic mass is 32.2. The van der Waals surface area contributed by atoms with Crippen molar-refractivity contribution in [2.24, 2.45) is 0 Å². The van der Waals surface area contributed by atoms with Crippen molar-refractivity contribution in [1.29, 1.82) is 0 Å². The van der Waals surface area contributed by atoms with E-state index in [4.69, 9.17) is 9.47 Å². The summed E-state index contributed by atoms with van der Waals surface area (Å²) in [7, 11) is 1.49. The molecule has 0 N–H and O–H groups in total. The quantitative estimate of drug-likeness (QED) is 0.442. The number of pyridine rings is 1. The topological polar surface area (TPSA) is 66.2 Å². The predicted octanol–water partition coefficient (Wildman–Crippen LogP) is 3.97. The molecule has 0 bridgehead atoms. The van der Waals surface area contributed by atoms with Crippen LogP contribution in [0.1, 0.15) is 0 Å². The number of thioether (sulfide) groups is 1. The van der Waals surface area contributed by atoms with E-state index in [2.05, 4.69) is 9.97 Å². The standard InChI is InChI=1S/C19H16F3N3O3S/c1-27-16-9-12(7-8-23-16)15-10-17(26)25(18(24-15)29-2)13-3-5-14(6-4-13)28-11-19(20,21)22/h3-10H,11H2,1-2H3. The summed E-state index contributed by atoms with van der Waals surface area (Å²) in [5.41, 5.74) is 1.26. The van der Waals surface area contributed by atoms with E-state index in [1.54, 1.807) is 24.6 Å². The SMILES string of the molecule is COc1cc(-c2cc(=O)n(-c3ccc(OCC(F)(F)F)cc3)c(SC)n2)ccn1. The third-order valence-electron chi connectivity index (χ3n) is 3.81. The summed E-state index contributed by atoms with van der Waals surface area (Å²) in [5.74, 6) is 0.451. The summed E-state index contributed by atoms with van der Waals surface area (Å²) in [5, 5.41) is 0.423. The van der Waals surface area contributed by atoms with Crippen LogP contribution in [0.15, 0.2) is 58.6 Å². The van der Waals surface area contributed by atoms with Gasteiger partial charge >= 0.3 is 6.18 Å². The number of hydrogen-bond acceptors (Lipinski definition) is 6. The van der Waals surface area contributed by atoms with Crippen LogP contribution in [0.3, 0.4) is 0 Å². The zero-order chi connectivity index (χ0) is 21.0. The fourth-order valence-electron chi connectivity index (χ4n) is 2.52. The Labute approximate surface area is 168 Å². The average molecular weight is 423 g/mol. The predicted molar refractivity (Wildman–Crippen MR) is 103 cm³/mol. The molecule has 152 valence electrons. The maximum absolute atomic E-state index is 12.8. The average Bonchev–Trinajstić information content (AvgIpc) is 2.71. The van der Waals surface area contributed by atoms with Gasteiger partial charge in [-0.2, -0.15) is 13.2 Å². The number of hydrogen-bond donors (Lipinski definition) is 0. The van der Waals surface area contributed by atoms with E-state index in [-0.39, 0.29) is 11.3 Å². The summed E-state index contributed by atoms with van der Waals surface area (Å²) in [6.45, 7) is -1.38. The Kier molecular flexibility index (Phi) is 6.12. The van der Waals surface area contributed by atoms with Crippen LogP contribution in [-0.4, -0.2) is 40.7 Å². The van der Waals surface area contributed by atoms with Gasteiger partial charge in [0.2, 0.25) is 5.88 Å². The highest BCUT2D eigenvalue weighted by molar-refractivity contribution is 7.98. The first-order valence-electron chi connectivity index (χ1n) is 8.29. The molecule has 29 heavy (non-hydrogen) atoms. The number of benzene rings is 1. The van der Waals surface area contributed by atoms with Crippen LogP contribution in [0.5, 0.6) is 11.6 Å². The Morgan fingerprint density at radius 2 is 1.86 bits per heavy atom. The van der Waals surface area contributed by atoms with Crippen molar-refractivity contribution in [2.75, 3.05) is 20.0 Å². The summed E-state index contributed by atoms with van der Waals surface area (Å²) in [6, 6.07) is 10.5. The molecular formula is C19H16F3N3O3S. The van der Waals surface area contributed by atoms with Crippen LogP contribution >= 0.6 is 11.8 Å². The molecule has 0 amide bonds. The number of halogens is 3. The molecule has 0 aliphatic heterocycles. The lowest BCUT2D eigenvalue weighted by Crippen LogP contribution is -2.21. The van der Waals surface area contributed by atoms with Crippen LogP contribution in [0.2, 0.25) is 0 Å². The molecule has 1 aromatic carbocycles. The molecule has 2 heterocycles. The lowest BCUT2D eigenvalue weighted by molar-refractivity contribution is -0.153. The van der Waals surface area contributed by atoms with E-state index >= 15 is 0 Å². The van der Waals surface area contributed by atoms with Crippen molar-refractivity contribution in [3.63, 3.8) is 0 Å². The van der Waals surface area contributed by atoms with Gasteiger partial charge < -0.3 is 9.47 Å². The molecule has 10 heteroatoms. The number of aromatic nitrogens is 3. The van der Waals surface area contributed by atoms with E-state index < -0.39 is 12.8 Å². The van der Waals surface area contributed by atoms with E-state index in [0.717, 1.165) is 0 Å². The smallest absolute Gasteiger partial charge is 0.422 e. The third kappa shape index (κ3) is 5.08. The van der Waals surface area contributed by atoms with E-state index in [1.807, 2.05) is 0 Å². The number of methoxy groups -OCH3 is 1. The monoisotopic (exact) mass is 423 g/mol. The normalized spacial score (nSPS) is 11.3. The molecule has 0 saturated carbocycles. The molecule has 6 nitrogen and oxygen atoms in total. The molecule has 0 saturated heterocycles. The van der Waals surface area contributed by atoms with Gasteiger partial charge in [-0.1, -0.05) is 11.8 Å². The molecule has 3 aromatic rings. The van der Waals surface area contributed by atoms with Gasteiger partial charge in [0.25, 0.3) is 5.56 Å². The Balaban J connectivity index is 1.95. The van der Waals surface area contributed by atoms with Crippen LogP contribution < -0.4 is 15.0 Å². The minimum Gasteiger partial charge on any atom is -0.484 e. The number of alkyl halides is 3. The van der Waals surface area contributed by atoms with Crippen molar-refractivity contribution in [2.45, 2.75) is 11.3 Å². The Morgan fingerprint density at radius 1 is 1.14 bits per heavy atom. The fraction of sp³-hybridized carbons (Fsp3) is 0.211. The van der Waals surface area contributed by atoms with Crippen molar-refractivity contribution >= 4 is 11.8 Å². The van der Waals surface area contributed by atoms with Crippen LogP contribution in [0.25, 0.3) is 16.9 Å². The first-order chi connectivity index (χ1) is 13.8. The van der Waals surface area contributed by atoms with E-state index in [1.165, 1.54) is 53.8 Å². The van der Waals surface area contributed by atoms with Crippen LogP contribution in [0.4, 0.5) is 13.2 Å². The minimum atomic E-state index is -4.42. The molecule has 0 spiro atoms. The zero-order valence-electron chi connectivity index (χ0n) is 15.4. The molecule has 0 atom stereocenters. The van der Waals surface area contributed by atoms with Gasteiger partial charge in [0.1, 0.15) is 5.75 Å². The summed E-state index contributed by atoms with van der Waals surface area (Å²) >= 11 is 1.27. The van der Waals surface area contributed by atoms with Gasteiger partial charge in [-0.25, -0.2) is 9.97 Å². The molecule has 0 radical (unpaired) electrons. The first-order valence-corrected chi connectivity index (χ1v) is 9.51. The molecule has 3 rings (SSSR count). The molecule has 0 unspecified atom stereocenters. The zero-order valence-corrected chi connectivity index (χ0v) is 16.3. The molecular weight excluding hydrogens is 407 g/mol. The second-order valence-electron chi connectivity index (χ2n) is 5.79. The van der Waals surface area contributed by atoms with Gasteiger partial charge in [0.15, 0.2) is 11.8 Å². The second-order valence-corrected chi connectivity index (χ2v) is 6.56. The Hall–Kier alpha value is -3.01. The van der Waals surface area contributed by atoms with E-state index in [0.29, 0.717) is 28.0 Å². The van der Waals surface area contributed by atoms with Gasteiger partial charge in [-0.05, 0) is 36.6 Å². The third-order valence-corrected chi connectivity index (χ3v) is 4.45. The number of nitrogens with zero attached hydrogens (tertiary/aromatic N) is 3. The van der Waals surface area contributed by atoms with Crippen molar-refractivity contribution in [1.82, 2.24) is 14.5 Å². The largest absolute Gasteiger partial charge is 0.484 e. The van der Waals surface area contributed by atoms with Crippen LogP contribution in [-0.2, 0) is 0 Å². The van der Waals surface area contributed by atoms with Crippen molar-refractivity contribution in [3.8, 4) is 28.6 Å². The van der Waals surface area contributed by atoms with E-state index in [9.17, 15) is 18.0 Å². The van der Waals surface area contributed by atoms with Crippen LogP contribution in [0, 0.1) is 0 Å². The van der Waals surface area contributed by atoms with Gasteiger partial charge in [-0.3, -0.25) is 9.36 Å². The highest BCUT2D eigenvalue weighted by Gasteiger charge is 2.28. The van der Waals surface area contributed by atoms with Gasteiger partial charge in [0, 0.05) is 23.9 Å². The summed E-state index contributed by atoms with van der Waals surface area (Å²) < 4.78 is 48.0. The lowest BCUT2D eigenvalue weighted by Gasteiger charge is -2.13. The van der Waals surface area contributed by atoms with Crippen molar-refractivity contribution < 1.29 is 22.6 Å². The maximum Gasteiger partial charge on any atom is 0.422 e. The molecule has 2 aromatic heterocycles. The number of ether oxygens (including phenoxy) is 2. The lowest BCUT2D eigenvalue weighted by atomic mass is 10.2.